The van der Waals surface area contributed by atoms with Crippen LogP contribution < -0.4 is 4.90 Å². The minimum absolute atomic E-state index is 0.0109. The van der Waals surface area contributed by atoms with Crippen molar-refractivity contribution in [2.75, 3.05) is 11.5 Å². The number of hydrogen-bond donors (Lipinski definition) is 0. The Bertz CT molecular complexity index is 894. The molecule has 140 valence electrons. The molecule has 2 bridgehead atoms. The van der Waals surface area contributed by atoms with Gasteiger partial charge < -0.3 is 4.74 Å². The lowest BCUT2D eigenvalue weighted by Gasteiger charge is -2.20. The molecule has 0 radical (unpaired) electrons. The number of ether oxygens (including phenoxy) is 1. The molecule has 4 atom stereocenters. The first-order valence-corrected chi connectivity index (χ1v) is 9.44. The Hall–Kier alpha value is -2.40. The highest BCUT2D eigenvalue weighted by atomic mass is 35.5. The van der Waals surface area contributed by atoms with Gasteiger partial charge in [-0.15, -0.1) is 0 Å². The number of nitrogens with zero attached hydrogens (tertiary/aromatic N) is 1. The van der Waals surface area contributed by atoms with Crippen LogP contribution in [0.2, 0.25) is 5.02 Å². The predicted molar refractivity (Wildman–Crippen MR) is 101 cm³/mol. The minimum atomic E-state index is -0.572. The zero-order valence-corrected chi connectivity index (χ0v) is 16.1. The summed E-state index contributed by atoms with van der Waals surface area (Å²) in [5.74, 6) is -1.74. The number of imide groups is 1. The molecule has 0 unspecified atom stereocenters. The highest BCUT2D eigenvalue weighted by Gasteiger charge is 2.61. The van der Waals surface area contributed by atoms with Crippen LogP contribution in [0.3, 0.4) is 0 Å². The molecule has 0 aromatic heterocycles. The Morgan fingerprint density at radius 1 is 1.11 bits per heavy atom. The molecule has 0 spiro atoms. The molecule has 1 aromatic rings. The van der Waals surface area contributed by atoms with E-state index in [1.165, 1.54) is 28.2 Å². The van der Waals surface area contributed by atoms with E-state index in [0.717, 1.165) is 0 Å². The van der Waals surface area contributed by atoms with Crippen LogP contribution in [0.4, 0.5) is 5.69 Å². The lowest BCUT2D eigenvalue weighted by Crippen LogP contribution is -2.33. The maximum absolute atomic E-state index is 13.1. The zero-order valence-electron chi connectivity index (χ0n) is 15.4. The second kappa shape index (κ2) is 6.34. The van der Waals surface area contributed by atoms with Crippen molar-refractivity contribution in [3.63, 3.8) is 0 Å². The van der Waals surface area contributed by atoms with Crippen LogP contribution in [0.1, 0.15) is 31.1 Å². The molecule has 2 amide bonds. The molecule has 1 aromatic carbocycles. The van der Waals surface area contributed by atoms with Gasteiger partial charge >= 0.3 is 5.97 Å². The summed E-state index contributed by atoms with van der Waals surface area (Å²) in [7, 11) is 0. The van der Waals surface area contributed by atoms with Crippen molar-refractivity contribution in [1.82, 2.24) is 0 Å². The summed E-state index contributed by atoms with van der Waals surface area (Å²) in [5.41, 5.74) is 2.90. The average molecular weight is 386 g/mol. The van der Waals surface area contributed by atoms with E-state index >= 15 is 0 Å². The number of esters is 1. The molecule has 1 saturated heterocycles. The lowest BCUT2D eigenvalue weighted by molar-refractivity contribution is -0.122. The van der Waals surface area contributed by atoms with Crippen molar-refractivity contribution in [1.29, 1.82) is 0 Å². The molecule has 2 aliphatic carbocycles. The molecule has 27 heavy (non-hydrogen) atoms. The van der Waals surface area contributed by atoms with E-state index in [9.17, 15) is 14.4 Å². The first-order chi connectivity index (χ1) is 12.9. The molecule has 1 heterocycles. The van der Waals surface area contributed by atoms with Crippen LogP contribution in [-0.4, -0.2) is 24.4 Å². The van der Waals surface area contributed by atoms with Crippen LogP contribution in [0.25, 0.3) is 0 Å². The van der Waals surface area contributed by atoms with Crippen molar-refractivity contribution in [3.05, 3.63) is 52.1 Å². The van der Waals surface area contributed by atoms with Gasteiger partial charge in [0.25, 0.3) is 0 Å². The molecular formula is C21H20ClNO4. The van der Waals surface area contributed by atoms with Gasteiger partial charge in [-0.05, 0) is 39.0 Å². The standard InChI is InChI=1S/C21H20ClNO4/c1-4-27-21(26)14-9-11(5-8-15(14)22)23-19(24)17-12-6-7-13(16(12)10(2)3)18(17)20(23)25/h5-9,12-13,17-18H,4H2,1-3H3/t12-,13-,17-,18-/m0/s1. The third-order valence-electron chi connectivity index (χ3n) is 5.70. The number of carbonyl (C=O) groups is 3. The van der Waals surface area contributed by atoms with Gasteiger partial charge in [0.15, 0.2) is 0 Å². The van der Waals surface area contributed by atoms with Gasteiger partial charge in [0.1, 0.15) is 0 Å². The monoisotopic (exact) mass is 385 g/mol. The third kappa shape index (κ3) is 2.48. The Labute approximate surface area is 162 Å². The molecule has 0 N–H and O–H groups in total. The number of anilines is 1. The number of fused-ring (bicyclic) bond motifs is 5. The molecule has 5 nitrogen and oxygen atoms in total. The predicted octanol–water partition coefficient (Wildman–Crippen LogP) is 3.77. The first kappa shape index (κ1) is 18.0. The second-order valence-corrected chi connectivity index (χ2v) is 7.75. The number of carbonyl (C=O) groups excluding carboxylic acids is 3. The summed E-state index contributed by atoms with van der Waals surface area (Å²) in [6.45, 7) is 5.97. The van der Waals surface area contributed by atoms with Crippen LogP contribution in [0.5, 0.6) is 0 Å². The van der Waals surface area contributed by atoms with E-state index in [-0.39, 0.29) is 52.7 Å². The quantitative estimate of drug-likeness (QED) is 0.451. The summed E-state index contributed by atoms with van der Waals surface area (Å²) in [5, 5.41) is 0.227. The van der Waals surface area contributed by atoms with Gasteiger partial charge in [-0.3, -0.25) is 9.59 Å². The van der Waals surface area contributed by atoms with E-state index in [2.05, 4.69) is 12.2 Å². The van der Waals surface area contributed by atoms with Crippen molar-refractivity contribution in [2.24, 2.45) is 23.7 Å². The van der Waals surface area contributed by atoms with E-state index in [1.807, 2.05) is 13.8 Å². The summed E-state index contributed by atoms with van der Waals surface area (Å²) >= 11 is 6.11. The SMILES string of the molecule is CCOC(=O)c1cc(N2C(=O)[C@@H]3[C@@H](C2=O)[C@H]2C=C[C@H]3C2=C(C)C)ccc1Cl. The fraction of sp³-hybridized carbons (Fsp3) is 0.381. The number of hydrogen-bond acceptors (Lipinski definition) is 4. The topological polar surface area (TPSA) is 63.7 Å². The molecule has 6 heteroatoms. The maximum atomic E-state index is 13.1. The Morgan fingerprint density at radius 3 is 2.22 bits per heavy atom. The van der Waals surface area contributed by atoms with E-state index < -0.39 is 5.97 Å². The Morgan fingerprint density at radius 2 is 1.70 bits per heavy atom. The second-order valence-electron chi connectivity index (χ2n) is 7.34. The molecule has 2 fully saturated rings. The highest BCUT2D eigenvalue weighted by Crippen LogP contribution is 2.57. The van der Waals surface area contributed by atoms with Crippen LogP contribution in [0.15, 0.2) is 41.5 Å². The van der Waals surface area contributed by atoms with Gasteiger partial charge in [-0.25, -0.2) is 9.69 Å². The number of amides is 2. The third-order valence-corrected chi connectivity index (χ3v) is 6.03. The number of allylic oxidation sites excluding steroid dienone is 4. The smallest absolute Gasteiger partial charge is 0.339 e. The van der Waals surface area contributed by atoms with Gasteiger partial charge in [0, 0.05) is 11.8 Å². The molecule has 1 aliphatic heterocycles. The fourth-order valence-electron chi connectivity index (χ4n) is 4.70. The number of rotatable bonds is 3. The number of benzene rings is 1. The Kier molecular flexibility index (Phi) is 4.22. The van der Waals surface area contributed by atoms with Gasteiger partial charge in [0.2, 0.25) is 11.8 Å². The summed E-state index contributed by atoms with van der Waals surface area (Å²) in [6, 6.07) is 4.58. The molecule has 4 rings (SSSR count). The summed E-state index contributed by atoms with van der Waals surface area (Å²) in [4.78, 5) is 39.6. The molecule has 1 saturated carbocycles. The van der Waals surface area contributed by atoms with Crippen LogP contribution in [-0.2, 0) is 14.3 Å². The number of halogens is 1. The summed E-state index contributed by atoms with van der Waals surface area (Å²) < 4.78 is 5.01. The van der Waals surface area contributed by atoms with Gasteiger partial charge in [-0.2, -0.15) is 0 Å². The van der Waals surface area contributed by atoms with Crippen molar-refractivity contribution < 1.29 is 19.1 Å². The Balaban J connectivity index is 1.72. The maximum Gasteiger partial charge on any atom is 0.339 e. The van der Waals surface area contributed by atoms with Crippen molar-refractivity contribution in [2.45, 2.75) is 20.8 Å². The lowest BCUT2D eigenvalue weighted by atomic mass is 9.85. The van der Waals surface area contributed by atoms with E-state index in [1.54, 1.807) is 13.0 Å². The average Bonchev–Trinajstić information content (AvgIpc) is 3.26. The normalized spacial score (nSPS) is 28.1. The van der Waals surface area contributed by atoms with Crippen LogP contribution in [0, 0.1) is 23.7 Å². The minimum Gasteiger partial charge on any atom is -0.462 e. The molecular weight excluding hydrogens is 366 g/mol. The first-order valence-electron chi connectivity index (χ1n) is 9.06. The fourth-order valence-corrected chi connectivity index (χ4v) is 4.90. The van der Waals surface area contributed by atoms with Gasteiger partial charge in [-0.1, -0.05) is 34.9 Å². The summed E-state index contributed by atoms with van der Waals surface area (Å²) in [6.07, 6.45) is 4.10. The van der Waals surface area contributed by atoms with Crippen LogP contribution >= 0.6 is 11.6 Å². The van der Waals surface area contributed by atoms with E-state index in [0.29, 0.717) is 5.69 Å². The highest BCUT2D eigenvalue weighted by molar-refractivity contribution is 6.34. The van der Waals surface area contributed by atoms with Crippen molar-refractivity contribution in [3.8, 4) is 0 Å². The van der Waals surface area contributed by atoms with E-state index in [4.69, 9.17) is 16.3 Å². The zero-order chi connectivity index (χ0) is 19.5. The largest absolute Gasteiger partial charge is 0.462 e. The van der Waals surface area contributed by atoms with Gasteiger partial charge in [0.05, 0.1) is 34.7 Å². The van der Waals surface area contributed by atoms with Crippen molar-refractivity contribution >= 4 is 35.1 Å². The molecule has 3 aliphatic rings.